The lowest BCUT2D eigenvalue weighted by molar-refractivity contribution is 0.635. The molecule has 5 heteroatoms. The van der Waals surface area contributed by atoms with Gasteiger partial charge in [-0.25, -0.2) is 9.97 Å². The van der Waals surface area contributed by atoms with Crippen LogP contribution in [0, 0.1) is 5.92 Å². The van der Waals surface area contributed by atoms with Gasteiger partial charge in [-0.15, -0.1) is 0 Å². The summed E-state index contributed by atoms with van der Waals surface area (Å²) in [5.74, 6) is 2.09. The first kappa shape index (κ1) is 16.2. The average molecular weight is 369 g/mol. The summed E-state index contributed by atoms with van der Waals surface area (Å²) in [7, 11) is 0. The Morgan fingerprint density at radius 1 is 1.24 bits per heavy atom. The van der Waals surface area contributed by atoms with E-state index in [4.69, 9.17) is 11.6 Å². The van der Waals surface area contributed by atoms with Gasteiger partial charge in [-0.2, -0.15) is 0 Å². The second-order valence-electron chi connectivity index (χ2n) is 5.32. The van der Waals surface area contributed by atoms with Crippen molar-refractivity contribution in [2.75, 3.05) is 11.9 Å². The molecule has 0 aliphatic carbocycles. The van der Waals surface area contributed by atoms with Crippen LogP contribution in [0.25, 0.3) is 11.4 Å². The molecule has 0 aliphatic rings. The van der Waals surface area contributed by atoms with Crippen molar-refractivity contribution in [3.8, 4) is 11.4 Å². The highest BCUT2D eigenvalue weighted by atomic mass is 79.9. The van der Waals surface area contributed by atoms with Gasteiger partial charge in [0.05, 0.1) is 0 Å². The van der Waals surface area contributed by atoms with Gasteiger partial charge < -0.3 is 5.32 Å². The number of hydrogen-bond donors (Lipinski definition) is 1. The van der Waals surface area contributed by atoms with E-state index in [-0.39, 0.29) is 0 Å². The summed E-state index contributed by atoms with van der Waals surface area (Å²) >= 11 is 9.65. The smallest absolute Gasteiger partial charge is 0.162 e. The van der Waals surface area contributed by atoms with Crippen molar-refractivity contribution in [2.24, 2.45) is 5.92 Å². The molecule has 0 atom stereocenters. The fraction of sp³-hybridized carbons (Fsp3) is 0.375. The maximum atomic E-state index is 6.10. The summed E-state index contributed by atoms with van der Waals surface area (Å²) in [6, 6.07) is 7.67. The van der Waals surface area contributed by atoms with Crippen LogP contribution in [0.5, 0.6) is 0 Å². The van der Waals surface area contributed by atoms with E-state index >= 15 is 0 Å². The first-order valence-corrected chi connectivity index (χ1v) is 8.24. The molecule has 0 fully saturated rings. The Morgan fingerprint density at radius 3 is 2.67 bits per heavy atom. The van der Waals surface area contributed by atoms with Gasteiger partial charge in [-0.3, -0.25) is 0 Å². The Hall–Kier alpha value is -1.13. The minimum Gasteiger partial charge on any atom is -0.370 e. The average Bonchev–Trinajstić information content (AvgIpc) is 2.41. The van der Waals surface area contributed by atoms with Crippen LogP contribution in [0.4, 0.5) is 5.82 Å². The highest BCUT2D eigenvalue weighted by molar-refractivity contribution is 9.10. The van der Waals surface area contributed by atoms with Crippen LogP contribution < -0.4 is 5.32 Å². The summed E-state index contributed by atoms with van der Waals surface area (Å²) in [5.41, 5.74) is 1.95. The SMILES string of the molecule is CCNc1cc(CC(C)C)nc(-c2cc(Cl)ccc2Br)n1. The van der Waals surface area contributed by atoms with Gasteiger partial charge in [0.15, 0.2) is 5.82 Å². The number of benzene rings is 1. The number of rotatable bonds is 5. The molecule has 0 spiro atoms. The molecule has 1 aromatic heterocycles. The van der Waals surface area contributed by atoms with Crippen LogP contribution in [-0.4, -0.2) is 16.5 Å². The second-order valence-corrected chi connectivity index (χ2v) is 6.61. The standard InChI is InChI=1S/C16H19BrClN3/c1-4-19-15-9-12(7-10(2)3)20-16(21-15)13-8-11(18)5-6-14(13)17/h5-6,8-10H,4,7H2,1-3H3,(H,19,20,21). The first-order valence-electron chi connectivity index (χ1n) is 7.06. The van der Waals surface area contributed by atoms with Crippen molar-refractivity contribution >= 4 is 33.3 Å². The number of anilines is 1. The predicted octanol–water partition coefficient (Wildman–Crippen LogP) is 5.19. The third kappa shape index (κ3) is 4.42. The molecule has 21 heavy (non-hydrogen) atoms. The number of nitrogens with one attached hydrogen (secondary N) is 1. The van der Waals surface area contributed by atoms with E-state index in [0.717, 1.165) is 34.5 Å². The molecule has 1 N–H and O–H groups in total. The quantitative estimate of drug-likeness (QED) is 0.789. The summed E-state index contributed by atoms with van der Waals surface area (Å²) in [5, 5.41) is 3.94. The fourth-order valence-electron chi connectivity index (χ4n) is 2.08. The van der Waals surface area contributed by atoms with Gasteiger partial charge in [-0.1, -0.05) is 41.4 Å². The maximum absolute atomic E-state index is 6.10. The molecule has 0 amide bonds. The van der Waals surface area contributed by atoms with Crippen molar-refractivity contribution < 1.29 is 0 Å². The van der Waals surface area contributed by atoms with Crippen molar-refractivity contribution in [1.29, 1.82) is 0 Å². The zero-order chi connectivity index (χ0) is 15.4. The van der Waals surface area contributed by atoms with E-state index in [1.54, 1.807) is 0 Å². The van der Waals surface area contributed by atoms with Gasteiger partial charge in [0, 0.05) is 33.4 Å². The molecule has 0 bridgehead atoms. The van der Waals surface area contributed by atoms with Crippen molar-refractivity contribution in [3.05, 3.63) is 39.5 Å². The molecule has 1 heterocycles. The number of nitrogens with zero attached hydrogens (tertiary/aromatic N) is 2. The van der Waals surface area contributed by atoms with E-state index in [9.17, 15) is 0 Å². The van der Waals surface area contributed by atoms with Gasteiger partial charge >= 0.3 is 0 Å². The van der Waals surface area contributed by atoms with Crippen LogP contribution >= 0.6 is 27.5 Å². The van der Waals surface area contributed by atoms with Crippen molar-refractivity contribution in [1.82, 2.24) is 9.97 Å². The normalized spacial score (nSPS) is 11.0. The van der Waals surface area contributed by atoms with Gasteiger partial charge in [-0.05, 0) is 37.5 Å². The lowest BCUT2D eigenvalue weighted by Crippen LogP contribution is -2.06. The van der Waals surface area contributed by atoms with E-state index in [1.807, 2.05) is 24.3 Å². The highest BCUT2D eigenvalue weighted by Gasteiger charge is 2.11. The lowest BCUT2D eigenvalue weighted by atomic mass is 10.1. The van der Waals surface area contributed by atoms with Gasteiger partial charge in [0.25, 0.3) is 0 Å². The summed E-state index contributed by atoms with van der Waals surface area (Å²) in [4.78, 5) is 9.28. The number of halogens is 2. The van der Waals surface area contributed by atoms with E-state index < -0.39 is 0 Å². The minimum atomic E-state index is 0.546. The Bertz CT molecular complexity index is 629. The number of hydrogen-bond acceptors (Lipinski definition) is 3. The minimum absolute atomic E-state index is 0.546. The zero-order valence-electron chi connectivity index (χ0n) is 12.5. The third-order valence-corrected chi connectivity index (χ3v) is 3.85. The Balaban J connectivity index is 2.50. The zero-order valence-corrected chi connectivity index (χ0v) is 14.8. The molecule has 112 valence electrons. The van der Waals surface area contributed by atoms with Gasteiger partial charge in [0.1, 0.15) is 5.82 Å². The summed E-state index contributed by atoms with van der Waals surface area (Å²) in [6.45, 7) is 7.25. The molecule has 0 aliphatic heterocycles. The Kier molecular flexibility index (Phi) is 5.59. The molecule has 1 aromatic carbocycles. The van der Waals surface area contributed by atoms with E-state index in [2.05, 4.69) is 52.0 Å². The number of aromatic nitrogens is 2. The highest BCUT2D eigenvalue weighted by Crippen LogP contribution is 2.29. The van der Waals surface area contributed by atoms with Crippen molar-refractivity contribution in [2.45, 2.75) is 27.2 Å². The molecular formula is C16H19BrClN3. The predicted molar refractivity (Wildman–Crippen MR) is 92.9 cm³/mol. The van der Waals surface area contributed by atoms with Crippen LogP contribution in [0.15, 0.2) is 28.7 Å². The molecule has 0 saturated carbocycles. The first-order chi connectivity index (χ1) is 9.99. The van der Waals surface area contributed by atoms with E-state index in [1.165, 1.54) is 0 Å². The monoisotopic (exact) mass is 367 g/mol. The summed E-state index contributed by atoms with van der Waals surface area (Å²) < 4.78 is 0.941. The van der Waals surface area contributed by atoms with E-state index in [0.29, 0.717) is 16.8 Å². The van der Waals surface area contributed by atoms with Crippen LogP contribution in [0.3, 0.4) is 0 Å². The lowest BCUT2D eigenvalue weighted by Gasteiger charge is -2.11. The van der Waals surface area contributed by atoms with Crippen LogP contribution in [-0.2, 0) is 6.42 Å². The van der Waals surface area contributed by atoms with Crippen LogP contribution in [0.1, 0.15) is 26.5 Å². The maximum Gasteiger partial charge on any atom is 0.162 e. The van der Waals surface area contributed by atoms with Gasteiger partial charge in [0.2, 0.25) is 0 Å². The molecular weight excluding hydrogens is 350 g/mol. The summed E-state index contributed by atoms with van der Waals surface area (Å²) in [6.07, 6.45) is 0.923. The molecule has 2 rings (SSSR count). The largest absolute Gasteiger partial charge is 0.370 e. The second kappa shape index (κ2) is 7.23. The topological polar surface area (TPSA) is 37.8 Å². The fourth-order valence-corrected chi connectivity index (χ4v) is 2.68. The van der Waals surface area contributed by atoms with Crippen LogP contribution in [0.2, 0.25) is 5.02 Å². The molecule has 0 saturated heterocycles. The van der Waals surface area contributed by atoms with Crippen molar-refractivity contribution in [3.63, 3.8) is 0 Å². The molecule has 0 unspecified atom stereocenters. The molecule has 2 aromatic rings. The Labute approximate surface area is 139 Å². The third-order valence-electron chi connectivity index (χ3n) is 2.92. The molecule has 3 nitrogen and oxygen atoms in total. The Morgan fingerprint density at radius 2 is 2.00 bits per heavy atom. The molecule has 0 radical (unpaired) electrons.